The highest BCUT2D eigenvalue weighted by Gasteiger charge is 2.22. The van der Waals surface area contributed by atoms with Gasteiger partial charge in [-0.15, -0.1) is 11.3 Å². The standard InChI is InChI=1S/C14H14BrNS/c15-14-9-11-12(7-4-8-13(11)17-14)16-10-5-2-1-3-6-10/h1-3,5-6,9,12,16H,4,7-8H2. The molecule has 1 aliphatic carbocycles. The van der Waals surface area contributed by atoms with E-state index in [1.54, 1.807) is 0 Å². The van der Waals surface area contributed by atoms with Crippen molar-refractivity contribution >= 4 is 33.0 Å². The molecule has 0 saturated carbocycles. The Morgan fingerprint density at radius 3 is 2.88 bits per heavy atom. The lowest BCUT2D eigenvalue weighted by Crippen LogP contribution is -2.15. The molecule has 2 aromatic rings. The number of fused-ring (bicyclic) bond motifs is 1. The average Bonchev–Trinajstić information content (AvgIpc) is 2.72. The molecule has 1 heterocycles. The first-order valence-electron chi connectivity index (χ1n) is 5.92. The summed E-state index contributed by atoms with van der Waals surface area (Å²) in [5, 5.41) is 3.64. The van der Waals surface area contributed by atoms with Crippen molar-refractivity contribution in [3.63, 3.8) is 0 Å². The molecule has 0 amide bonds. The van der Waals surface area contributed by atoms with Crippen molar-refractivity contribution < 1.29 is 0 Å². The first-order chi connectivity index (χ1) is 8.33. The lowest BCUT2D eigenvalue weighted by atomic mass is 9.94. The fraction of sp³-hybridized carbons (Fsp3) is 0.286. The number of hydrogen-bond donors (Lipinski definition) is 1. The largest absolute Gasteiger partial charge is 0.378 e. The first-order valence-corrected chi connectivity index (χ1v) is 7.53. The summed E-state index contributed by atoms with van der Waals surface area (Å²) >= 11 is 5.48. The summed E-state index contributed by atoms with van der Waals surface area (Å²) in [4.78, 5) is 1.54. The van der Waals surface area contributed by atoms with Crippen molar-refractivity contribution in [3.8, 4) is 0 Å². The zero-order chi connectivity index (χ0) is 11.7. The Labute approximate surface area is 114 Å². The van der Waals surface area contributed by atoms with Crippen LogP contribution in [0.4, 0.5) is 5.69 Å². The lowest BCUT2D eigenvalue weighted by molar-refractivity contribution is 0.609. The van der Waals surface area contributed by atoms with Crippen molar-refractivity contribution in [1.29, 1.82) is 0 Å². The Bertz CT molecular complexity index is 506. The summed E-state index contributed by atoms with van der Waals surface area (Å²) < 4.78 is 1.25. The number of hydrogen-bond acceptors (Lipinski definition) is 2. The van der Waals surface area contributed by atoms with Crippen LogP contribution >= 0.6 is 27.3 Å². The summed E-state index contributed by atoms with van der Waals surface area (Å²) in [6, 6.07) is 13.2. The number of aryl methyl sites for hydroxylation is 1. The van der Waals surface area contributed by atoms with Gasteiger partial charge in [-0.2, -0.15) is 0 Å². The van der Waals surface area contributed by atoms with E-state index < -0.39 is 0 Å². The summed E-state index contributed by atoms with van der Waals surface area (Å²) in [5.74, 6) is 0. The average molecular weight is 308 g/mol. The molecule has 0 bridgehead atoms. The van der Waals surface area contributed by atoms with Crippen molar-refractivity contribution in [2.45, 2.75) is 25.3 Å². The van der Waals surface area contributed by atoms with Crippen LogP contribution in [0, 0.1) is 0 Å². The molecular weight excluding hydrogens is 294 g/mol. The van der Waals surface area contributed by atoms with Gasteiger partial charge < -0.3 is 5.32 Å². The Balaban J connectivity index is 1.86. The molecular formula is C14H14BrNS. The smallest absolute Gasteiger partial charge is 0.0705 e. The van der Waals surface area contributed by atoms with Gasteiger partial charge in [0, 0.05) is 10.6 Å². The SMILES string of the molecule is Brc1cc2c(s1)CCCC2Nc1ccccc1. The predicted molar refractivity (Wildman–Crippen MR) is 77.8 cm³/mol. The highest BCUT2D eigenvalue weighted by Crippen LogP contribution is 2.39. The molecule has 0 aliphatic heterocycles. The quantitative estimate of drug-likeness (QED) is 0.823. The molecule has 0 saturated heterocycles. The van der Waals surface area contributed by atoms with E-state index in [1.165, 1.54) is 39.2 Å². The third-order valence-corrected chi connectivity index (χ3v) is 4.91. The van der Waals surface area contributed by atoms with Crippen molar-refractivity contribution in [2.24, 2.45) is 0 Å². The summed E-state index contributed by atoms with van der Waals surface area (Å²) in [5.41, 5.74) is 2.70. The molecule has 1 N–H and O–H groups in total. The number of rotatable bonds is 2. The maximum Gasteiger partial charge on any atom is 0.0705 e. The number of nitrogens with one attached hydrogen (secondary N) is 1. The molecule has 0 spiro atoms. The zero-order valence-corrected chi connectivity index (χ0v) is 11.9. The van der Waals surface area contributed by atoms with E-state index in [9.17, 15) is 0 Å². The second-order valence-corrected chi connectivity index (χ2v) is 6.90. The minimum absolute atomic E-state index is 0.476. The summed E-state index contributed by atoms with van der Waals surface area (Å²) in [6.07, 6.45) is 3.74. The lowest BCUT2D eigenvalue weighted by Gasteiger charge is -2.24. The number of anilines is 1. The fourth-order valence-electron chi connectivity index (χ4n) is 2.41. The van der Waals surface area contributed by atoms with E-state index >= 15 is 0 Å². The van der Waals surface area contributed by atoms with Crippen LogP contribution in [-0.2, 0) is 6.42 Å². The van der Waals surface area contributed by atoms with Gasteiger partial charge in [0.25, 0.3) is 0 Å². The van der Waals surface area contributed by atoms with Gasteiger partial charge >= 0.3 is 0 Å². The highest BCUT2D eigenvalue weighted by atomic mass is 79.9. The topological polar surface area (TPSA) is 12.0 Å². The van der Waals surface area contributed by atoms with Crippen LogP contribution in [0.3, 0.4) is 0 Å². The molecule has 1 aromatic heterocycles. The monoisotopic (exact) mass is 307 g/mol. The molecule has 3 rings (SSSR count). The second-order valence-electron chi connectivity index (χ2n) is 4.38. The van der Waals surface area contributed by atoms with Crippen LogP contribution in [0.25, 0.3) is 0 Å². The summed E-state index contributed by atoms with van der Waals surface area (Å²) in [6.45, 7) is 0. The fourth-order valence-corrected chi connectivity index (χ4v) is 4.23. The van der Waals surface area contributed by atoms with E-state index in [0.717, 1.165) is 0 Å². The number of thiophene rings is 1. The van der Waals surface area contributed by atoms with Crippen LogP contribution in [0.1, 0.15) is 29.3 Å². The second kappa shape index (κ2) is 4.83. The minimum atomic E-state index is 0.476. The first kappa shape index (κ1) is 11.3. The molecule has 1 atom stereocenters. The Morgan fingerprint density at radius 1 is 1.24 bits per heavy atom. The summed E-state index contributed by atoms with van der Waals surface area (Å²) in [7, 11) is 0. The van der Waals surface area contributed by atoms with Crippen LogP contribution in [0.5, 0.6) is 0 Å². The van der Waals surface area contributed by atoms with E-state index in [0.29, 0.717) is 6.04 Å². The molecule has 1 unspecified atom stereocenters. The zero-order valence-electron chi connectivity index (χ0n) is 9.45. The van der Waals surface area contributed by atoms with E-state index in [4.69, 9.17) is 0 Å². The van der Waals surface area contributed by atoms with E-state index in [1.807, 2.05) is 11.3 Å². The van der Waals surface area contributed by atoms with Gasteiger partial charge in [0.2, 0.25) is 0 Å². The molecule has 0 radical (unpaired) electrons. The Kier molecular flexibility index (Phi) is 3.21. The maximum atomic E-state index is 3.64. The molecule has 3 heteroatoms. The third-order valence-electron chi connectivity index (χ3n) is 3.20. The van der Waals surface area contributed by atoms with Gasteiger partial charge in [-0.25, -0.2) is 0 Å². The molecule has 1 aliphatic rings. The number of para-hydroxylation sites is 1. The van der Waals surface area contributed by atoms with Gasteiger partial charge in [-0.1, -0.05) is 18.2 Å². The van der Waals surface area contributed by atoms with Gasteiger partial charge in [0.05, 0.1) is 9.83 Å². The van der Waals surface area contributed by atoms with Crippen molar-refractivity contribution in [2.75, 3.05) is 5.32 Å². The Morgan fingerprint density at radius 2 is 2.06 bits per heavy atom. The number of benzene rings is 1. The van der Waals surface area contributed by atoms with Crippen LogP contribution in [0.2, 0.25) is 0 Å². The van der Waals surface area contributed by atoms with Crippen molar-refractivity contribution in [1.82, 2.24) is 0 Å². The van der Waals surface area contributed by atoms with Gasteiger partial charge in [-0.3, -0.25) is 0 Å². The third kappa shape index (κ3) is 2.40. The maximum absolute atomic E-state index is 3.64. The molecule has 1 aromatic carbocycles. The minimum Gasteiger partial charge on any atom is -0.378 e. The molecule has 17 heavy (non-hydrogen) atoms. The van der Waals surface area contributed by atoms with Crippen LogP contribution < -0.4 is 5.32 Å². The highest BCUT2D eigenvalue weighted by molar-refractivity contribution is 9.11. The van der Waals surface area contributed by atoms with Crippen LogP contribution in [0.15, 0.2) is 40.2 Å². The number of halogens is 1. The van der Waals surface area contributed by atoms with Crippen LogP contribution in [-0.4, -0.2) is 0 Å². The van der Waals surface area contributed by atoms with Gasteiger partial charge in [0.1, 0.15) is 0 Å². The van der Waals surface area contributed by atoms with E-state index in [2.05, 4.69) is 57.6 Å². The van der Waals surface area contributed by atoms with Crippen molar-refractivity contribution in [3.05, 3.63) is 50.6 Å². The van der Waals surface area contributed by atoms with Gasteiger partial charge in [-0.05, 0) is 59.0 Å². The molecule has 88 valence electrons. The molecule has 0 fully saturated rings. The predicted octanol–water partition coefficient (Wildman–Crippen LogP) is 5.00. The Hall–Kier alpha value is -0.800. The normalized spacial score (nSPS) is 18.8. The van der Waals surface area contributed by atoms with E-state index in [-0.39, 0.29) is 0 Å². The van der Waals surface area contributed by atoms with Gasteiger partial charge in [0.15, 0.2) is 0 Å². The molecule has 1 nitrogen and oxygen atoms in total.